The molecule has 0 spiro atoms. The maximum absolute atomic E-state index is 5.96. The summed E-state index contributed by atoms with van der Waals surface area (Å²) in [5, 5.41) is 0. The van der Waals surface area contributed by atoms with E-state index in [-0.39, 0.29) is 0 Å². The fourth-order valence-corrected chi connectivity index (χ4v) is 2.95. The minimum atomic E-state index is 0.579. The van der Waals surface area contributed by atoms with Crippen LogP contribution in [0.15, 0.2) is 4.47 Å². The van der Waals surface area contributed by atoms with Gasteiger partial charge >= 0.3 is 0 Å². The monoisotopic (exact) mass is 297 g/mol. The van der Waals surface area contributed by atoms with E-state index in [1.807, 2.05) is 0 Å². The lowest BCUT2D eigenvalue weighted by Crippen LogP contribution is -2.08. The van der Waals surface area contributed by atoms with Gasteiger partial charge in [-0.1, -0.05) is 26.2 Å². The molecule has 0 radical (unpaired) electrons. The van der Waals surface area contributed by atoms with Crippen molar-refractivity contribution in [3.05, 3.63) is 16.0 Å². The fraction of sp³-hybridized carbons (Fsp3) is 0.692. The van der Waals surface area contributed by atoms with Crippen molar-refractivity contribution in [1.82, 2.24) is 9.97 Å². The molecule has 1 aromatic heterocycles. The molecule has 1 aromatic rings. The van der Waals surface area contributed by atoms with Crippen molar-refractivity contribution in [3.8, 4) is 0 Å². The lowest BCUT2D eigenvalue weighted by molar-refractivity contribution is 0.669. The zero-order valence-electron chi connectivity index (χ0n) is 10.4. The molecule has 0 amide bonds. The van der Waals surface area contributed by atoms with Gasteiger partial charge in [0.25, 0.3) is 0 Å². The molecule has 3 nitrogen and oxygen atoms in total. The minimum Gasteiger partial charge on any atom is -0.383 e. The van der Waals surface area contributed by atoms with E-state index in [0.29, 0.717) is 11.7 Å². The van der Waals surface area contributed by atoms with Crippen LogP contribution in [0.5, 0.6) is 0 Å². The van der Waals surface area contributed by atoms with E-state index in [1.54, 1.807) is 0 Å². The molecular weight excluding hydrogens is 278 g/mol. The number of rotatable bonds is 4. The van der Waals surface area contributed by atoms with Gasteiger partial charge in [0, 0.05) is 12.3 Å². The van der Waals surface area contributed by atoms with E-state index in [1.165, 1.54) is 25.7 Å². The van der Waals surface area contributed by atoms with Crippen molar-refractivity contribution < 1.29 is 0 Å². The quantitative estimate of drug-likeness (QED) is 0.919. The molecule has 0 unspecified atom stereocenters. The number of nitrogens with two attached hydrogens (primary N) is 1. The number of hydrogen-bond acceptors (Lipinski definition) is 3. The maximum atomic E-state index is 5.96. The van der Waals surface area contributed by atoms with Gasteiger partial charge in [0.05, 0.1) is 10.2 Å². The molecule has 0 bridgehead atoms. The number of nitrogen functional groups attached to an aromatic ring is 1. The van der Waals surface area contributed by atoms with Gasteiger partial charge in [0.15, 0.2) is 0 Å². The number of unbranched alkanes of at least 4 members (excludes halogenated alkanes) is 1. The summed E-state index contributed by atoms with van der Waals surface area (Å²) in [6.07, 6.45) is 8.33. The first-order valence-electron chi connectivity index (χ1n) is 6.54. The Bertz CT molecular complexity index is 386. The number of aromatic nitrogens is 2. The molecule has 0 aliphatic heterocycles. The van der Waals surface area contributed by atoms with Gasteiger partial charge in [-0.15, -0.1) is 0 Å². The highest BCUT2D eigenvalue weighted by Crippen LogP contribution is 2.38. The van der Waals surface area contributed by atoms with Crippen molar-refractivity contribution in [3.63, 3.8) is 0 Å². The van der Waals surface area contributed by atoms with Crippen molar-refractivity contribution in [2.75, 3.05) is 5.73 Å². The molecule has 1 heterocycles. The third kappa shape index (κ3) is 2.97. The molecule has 2 rings (SSSR count). The Morgan fingerprint density at radius 1 is 1.29 bits per heavy atom. The predicted molar refractivity (Wildman–Crippen MR) is 74.0 cm³/mol. The lowest BCUT2D eigenvalue weighted by Gasteiger charge is -2.13. The van der Waals surface area contributed by atoms with Crippen LogP contribution >= 0.6 is 15.9 Å². The highest BCUT2D eigenvalue weighted by molar-refractivity contribution is 9.10. The molecule has 17 heavy (non-hydrogen) atoms. The van der Waals surface area contributed by atoms with E-state index in [4.69, 9.17) is 10.7 Å². The predicted octanol–water partition coefficient (Wildman–Crippen LogP) is 3.82. The Morgan fingerprint density at radius 3 is 2.65 bits per heavy atom. The summed E-state index contributed by atoms with van der Waals surface area (Å²) in [5.74, 6) is 2.09. The molecule has 0 aromatic carbocycles. The molecule has 1 saturated carbocycles. The van der Waals surface area contributed by atoms with Crippen LogP contribution in [0, 0.1) is 0 Å². The summed E-state index contributed by atoms with van der Waals surface area (Å²) in [7, 11) is 0. The van der Waals surface area contributed by atoms with Crippen LogP contribution in [0.1, 0.15) is 62.9 Å². The molecule has 0 atom stereocenters. The first-order chi connectivity index (χ1) is 8.22. The van der Waals surface area contributed by atoms with E-state index in [9.17, 15) is 0 Å². The normalized spacial score (nSPS) is 16.6. The second-order valence-corrected chi connectivity index (χ2v) is 5.60. The van der Waals surface area contributed by atoms with Gasteiger partial charge in [0.2, 0.25) is 0 Å². The third-order valence-electron chi connectivity index (χ3n) is 3.44. The maximum Gasteiger partial charge on any atom is 0.141 e. The average Bonchev–Trinajstić information content (AvgIpc) is 2.84. The zero-order valence-corrected chi connectivity index (χ0v) is 12.0. The number of anilines is 1. The smallest absolute Gasteiger partial charge is 0.141 e. The van der Waals surface area contributed by atoms with Gasteiger partial charge in [-0.25, -0.2) is 9.97 Å². The molecule has 4 heteroatoms. The van der Waals surface area contributed by atoms with Crippen molar-refractivity contribution in [2.24, 2.45) is 0 Å². The van der Waals surface area contributed by atoms with Crippen LogP contribution in [-0.4, -0.2) is 9.97 Å². The Kier molecular flexibility index (Phi) is 4.37. The van der Waals surface area contributed by atoms with E-state index in [2.05, 4.69) is 27.8 Å². The SMILES string of the molecule is CCCCc1nc(N)c(Br)c(C2CCCC2)n1. The highest BCUT2D eigenvalue weighted by atomic mass is 79.9. The van der Waals surface area contributed by atoms with Crippen LogP contribution < -0.4 is 5.73 Å². The van der Waals surface area contributed by atoms with Gasteiger partial charge < -0.3 is 5.73 Å². The van der Waals surface area contributed by atoms with Crippen LogP contribution in [-0.2, 0) is 6.42 Å². The van der Waals surface area contributed by atoms with E-state index >= 15 is 0 Å². The summed E-state index contributed by atoms with van der Waals surface area (Å²) in [5.41, 5.74) is 7.10. The summed E-state index contributed by atoms with van der Waals surface area (Å²) >= 11 is 3.54. The van der Waals surface area contributed by atoms with E-state index < -0.39 is 0 Å². The Labute approximate surface area is 111 Å². The van der Waals surface area contributed by atoms with Gasteiger partial charge in [0.1, 0.15) is 11.6 Å². The molecule has 94 valence electrons. The molecule has 0 saturated heterocycles. The van der Waals surface area contributed by atoms with Crippen LogP contribution in [0.25, 0.3) is 0 Å². The summed E-state index contributed by atoms with van der Waals surface area (Å²) in [4.78, 5) is 9.08. The van der Waals surface area contributed by atoms with Gasteiger partial charge in [-0.3, -0.25) is 0 Å². The van der Waals surface area contributed by atoms with Gasteiger partial charge in [-0.2, -0.15) is 0 Å². The Hall–Kier alpha value is -0.640. The lowest BCUT2D eigenvalue weighted by atomic mass is 10.0. The zero-order chi connectivity index (χ0) is 12.3. The van der Waals surface area contributed by atoms with Crippen molar-refractivity contribution >= 4 is 21.7 Å². The molecular formula is C13H20BrN3. The summed E-state index contributed by atoms with van der Waals surface area (Å²) in [6, 6.07) is 0. The topological polar surface area (TPSA) is 51.8 Å². The largest absolute Gasteiger partial charge is 0.383 e. The van der Waals surface area contributed by atoms with Crippen LogP contribution in [0.4, 0.5) is 5.82 Å². The third-order valence-corrected chi connectivity index (χ3v) is 4.26. The average molecular weight is 298 g/mol. The minimum absolute atomic E-state index is 0.579. The second-order valence-electron chi connectivity index (χ2n) is 4.81. The molecule has 1 aliphatic carbocycles. The molecule has 2 N–H and O–H groups in total. The summed E-state index contributed by atoms with van der Waals surface area (Å²) in [6.45, 7) is 2.18. The first-order valence-corrected chi connectivity index (χ1v) is 7.33. The first kappa shape index (κ1) is 12.8. The Balaban J connectivity index is 2.25. The highest BCUT2D eigenvalue weighted by Gasteiger charge is 2.23. The number of aryl methyl sites for hydroxylation is 1. The standard InChI is InChI=1S/C13H20BrN3/c1-2-3-8-10-16-12(9-6-4-5-7-9)11(14)13(15)17-10/h9H,2-8H2,1H3,(H2,15,16,17). The number of nitrogens with zero attached hydrogens (tertiary/aromatic N) is 2. The summed E-state index contributed by atoms with van der Waals surface area (Å²) < 4.78 is 0.921. The van der Waals surface area contributed by atoms with Crippen LogP contribution in [0.3, 0.4) is 0 Å². The number of hydrogen-bond donors (Lipinski definition) is 1. The van der Waals surface area contributed by atoms with Crippen LogP contribution in [0.2, 0.25) is 0 Å². The van der Waals surface area contributed by atoms with Crippen molar-refractivity contribution in [2.45, 2.75) is 57.8 Å². The Morgan fingerprint density at radius 2 is 2.00 bits per heavy atom. The van der Waals surface area contributed by atoms with Gasteiger partial charge in [-0.05, 0) is 35.2 Å². The fourth-order valence-electron chi connectivity index (χ4n) is 2.45. The second kappa shape index (κ2) is 5.80. The number of halogens is 1. The van der Waals surface area contributed by atoms with E-state index in [0.717, 1.165) is 35.3 Å². The molecule has 1 fully saturated rings. The van der Waals surface area contributed by atoms with Crippen molar-refractivity contribution in [1.29, 1.82) is 0 Å². The molecule has 1 aliphatic rings.